The number of pyridine rings is 1. The number of nitrogen functional groups attached to an aromatic ring is 2. The van der Waals surface area contributed by atoms with Crippen molar-refractivity contribution < 1.29 is 13.5 Å². The highest BCUT2D eigenvalue weighted by Crippen LogP contribution is 2.23. The summed E-state index contributed by atoms with van der Waals surface area (Å²) in [4.78, 5) is 3.79. The summed E-state index contributed by atoms with van der Waals surface area (Å²) in [5.41, 5.74) is 10.5. The Balaban J connectivity index is 2.21. The Morgan fingerprint density at radius 3 is 2.67 bits per heavy atom. The van der Waals surface area contributed by atoms with Crippen LogP contribution in [0.3, 0.4) is 0 Å². The third-order valence-electron chi connectivity index (χ3n) is 2.39. The minimum Gasteiger partial charge on any atom is -0.485 e. The molecule has 0 fully saturated rings. The third kappa shape index (κ3) is 2.32. The van der Waals surface area contributed by atoms with Crippen LogP contribution >= 0.6 is 0 Å². The van der Waals surface area contributed by atoms with Crippen molar-refractivity contribution in [3.63, 3.8) is 0 Å². The van der Waals surface area contributed by atoms with Crippen molar-refractivity contribution in [1.82, 2.24) is 4.98 Å². The van der Waals surface area contributed by atoms with Gasteiger partial charge in [-0.3, -0.25) is 0 Å². The Morgan fingerprint density at radius 1 is 1.17 bits per heavy atom. The van der Waals surface area contributed by atoms with Gasteiger partial charge in [-0.05, 0) is 24.3 Å². The number of anilines is 2. The summed E-state index contributed by atoms with van der Waals surface area (Å²) in [5, 5.41) is 0. The predicted molar refractivity (Wildman–Crippen MR) is 63.8 cm³/mol. The monoisotopic (exact) mass is 251 g/mol. The van der Waals surface area contributed by atoms with Crippen LogP contribution in [0.2, 0.25) is 0 Å². The maximum absolute atomic E-state index is 13.6. The van der Waals surface area contributed by atoms with E-state index in [1.165, 1.54) is 6.20 Å². The molecule has 1 aromatic carbocycles. The second kappa shape index (κ2) is 4.87. The maximum atomic E-state index is 13.6. The molecule has 6 heteroatoms. The first-order valence-electron chi connectivity index (χ1n) is 5.15. The second-order valence-corrected chi connectivity index (χ2v) is 3.60. The minimum atomic E-state index is -0.822. The highest BCUT2D eigenvalue weighted by Gasteiger charge is 2.13. The Hall–Kier alpha value is -2.37. The molecule has 2 aromatic rings. The summed E-state index contributed by atoms with van der Waals surface area (Å²) in [6.07, 6.45) is 1.49. The maximum Gasteiger partial charge on any atom is 0.166 e. The highest BCUT2D eigenvalue weighted by molar-refractivity contribution is 5.46. The molecule has 0 unspecified atom stereocenters. The molecule has 18 heavy (non-hydrogen) atoms. The molecule has 0 aliphatic rings. The van der Waals surface area contributed by atoms with Crippen LogP contribution in [0.15, 0.2) is 30.5 Å². The lowest BCUT2D eigenvalue weighted by molar-refractivity contribution is 0.293. The van der Waals surface area contributed by atoms with Crippen LogP contribution in [-0.2, 0) is 6.61 Å². The van der Waals surface area contributed by atoms with Crippen molar-refractivity contribution in [2.24, 2.45) is 0 Å². The van der Waals surface area contributed by atoms with E-state index in [0.717, 1.165) is 12.1 Å². The lowest BCUT2D eigenvalue weighted by atomic mass is 10.2. The Bertz CT molecular complexity index is 575. The zero-order valence-corrected chi connectivity index (χ0v) is 9.36. The summed E-state index contributed by atoms with van der Waals surface area (Å²) in [5.74, 6) is -1.12. The van der Waals surface area contributed by atoms with E-state index in [2.05, 4.69) is 4.98 Å². The Labute approximate surface area is 102 Å². The lowest BCUT2D eigenvalue weighted by Crippen LogP contribution is -2.06. The van der Waals surface area contributed by atoms with E-state index in [1.54, 1.807) is 12.1 Å². The van der Waals surface area contributed by atoms with Crippen molar-refractivity contribution in [1.29, 1.82) is 0 Å². The number of aromatic nitrogens is 1. The number of rotatable bonds is 3. The summed E-state index contributed by atoms with van der Waals surface area (Å²) < 4.78 is 32.2. The van der Waals surface area contributed by atoms with Crippen molar-refractivity contribution in [2.75, 3.05) is 11.5 Å². The first-order chi connectivity index (χ1) is 8.59. The first kappa shape index (κ1) is 12.1. The van der Waals surface area contributed by atoms with E-state index in [4.69, 9.17) is 16.2 Å². The standard InChI is InChI=1S/C12H11F2N3O/c13-8-3-4-9(15)11(14)7(8)6-18-10-2-1-5-17-12(10)16/h1-5H,6,15H2,(H2,16,17). The molecule has 0 amide bonds. The van der Waals surface area contributed by atoms with Crippen LogP contribution in [-0.4, -0.2) is 4.98 Å². The van der Waals surface area contributed by atoms with Gasteiger partial charge < -0.3 is 16.2 Å². The van der Waals surface area contributed by atoms with Crippen molar-refractivity contribution in [2.45, 2.75) is 6.61 Å². The zero-order valence-electron chi connectivity index (χ0n) is 9.36. The highest BCUT2D eigenvalue weighted by atomic mass is 19.1. The van der Waals surface area contributed by atoms with E-state index in [1.807, 2.05) is 0 Å². The summed E-state index contributed by atoms with van der Waals surface area (Å²) >= 11 is 0. The molecule has 4 nitrogen and oxygen atoms in total. The van der Waals surface area contributed by atoms with E-state index in [0.29, 0.717) is 0 Å². The van der Waals surface area contributed by atoms with Gasteiger partial charge in [-0.25, -0.2) is 13.8 Å². The van der Waals surface area contributed by atoms with Gasteiger partial charge >= 0.3 is 0 Å². The number of nitrogens with two attached hydrogens (primary N) is 2. The first-order valence-corrected chi connectivity index (χ1v) is 5.15. The smallest absolute Gasteiger partial charge is 0.166 e. The molecule has 0 saturated heterocycles. The van der Waals surface area contributed by atoms with Gasteiger partial charge in [-0.2, -0.15) is 0 Å². The van der Waals surface area contributed by atoms with Crippen molar-refractivity contribution >= 4 is 11.5 Å². The molecule has 94 valence electrons. The predicted octanol–water partition coefficient (Wildman–Crippen LogP) is 2.10. The molecular weight excluding hydrogens is 240 g/mol. The fourth-order valence-electron chi connectivity index (χ4n) is 1.42. The zero-order chi connectivity index (χ0) is 13.1. The fraction of sp³-hybridized carbons (Fsp3) is 0.0833. The third-order valence-corrected chi connectivity index (χ3v) is 2.39. The molecule has 0 spiro atoms. The van der Waals surface area contributed by atoms with E-state index in [-0.39, 0.29) is 29.4 Å². The van der Waals surface area contributed by atoms with E-state index in [9.17, 15) is 8.78 Å². The van der Waals surface area contributed by atoms with Crippen molar-refractivity contribution in [3.8, 4) is 5.75 Å². The second-order valence-electron chi connectivity index (χ2n) is 3.60. The Kier molecular flexibility index (Phi) is 3.27. The molecule has 0 atom stereocenters. The molecule has 1 heterocycles. The van der Waals surface area contributed by atoms with Gasteiger partial charge in [0.1, 0.15) is 12.4 Å². The SMILES string of the molecule is Nc1ccc(F)c(COc2cccnc2N)c1F. The van der Waals surface area contributed by atoms with Gasteiger partial charge in [-0.1, -0.05) is 0 Å². The summed E-state index contributed by atoms with van der Waals surface area (Å²) in [6, 6.07) is 5.42. The number of hydrogen-bond donors (Lipinski definition) is 2. The average molecular weight is 251 g/mol. The molecule has 0 aliphatic heterocycles. The number of halogens is 2. The Morgan fingerprint density at radius 2 is 1.94 bits per heavy atom. The molecular formula is C12H11F2N3O. The van der Waals surface area contributed by atoms with Gasteiger partial charge in [0.05, 0.1) is 11.3 Å². The van der Waals surface area contributed by atoms with Crippen molar-refractivity contribution in [3.05, 3.63) is 47.7 Å². The quantitative estimate of drug-likeness (QED) is 0.819. The van der Waals surface area contributed by atoms with Gasteiger partial charge in [-0.15, -0.1) is 0 Å². The van der Waals surface area contributed by atoms with Crippen LogP contribution < -0.4 is 16.2 Å². The van der Waals surface area contributed by atoms with Gasteiger partial charge in [0.2, 0.25) is 0 Å². The van der Waals surface area contributed by atoms with E-state index >= 15 is 0 Å². The normalized spacial score (nSPS) is 10.3. The molecule has 0 radical (unpaired) electrons. The summed E-state index contributed by atoms with van der Waals surface area (Å²) in [7, 11) is 0. The molecule has 2 rings (SSSR count). The van der Waals surface area contributed by atoms with Crippen LogP contribution in [0, 0.1) is 11.6 Å². The van der Waals surface area contributed by atoms with E-state index < -0.39 is 11.6 Å². The number of benzene rings is 1. The van der Waals surface area contributed by atoms with Crippen LogP contribution in [0.4, 0.5) is 20.3 Å². The molecule has 4 N–H and O–H groups in total. The fourth-order valence-corrected chi connectivity index (χ4v) is 1.42. The largest absolute Gasteiger partial charge is 0.485 e. The number of ether oxygens (including phenoxy) is 1. The van der Waals surface area contributed by atoms with Crippen LogP contribution in [0.25, 0.3) is 0 Å². The number of nitrogens with zero attached hydrogens (tertiary/aromatic N) is 1. The summed E-state index contributed by atoms with van der Waals surface area (Å²) in [6.45, 7) is -0.307. The molecule has 0 saturated carbocycles. The topological polar surface area (TPSA) is 74.2 Å². The minimum absolute atomic E-state index is 0.130. The number of hydrogen-bond acceptors (Lipinski definition) is 4. The van der Waals surface area contributed by atoms with Gasteiger partial charge in [0.15, 0.2) is 17.4 Å². The lowest BCUT2D eigenvalue weighted by Gasteiger charge is -2.10. The molecule has 0 aliphatic carbocycles. The van der Waals surface area contributed by atoms with Crippen LogP contribution in [0.1, 0.15) is 5.56 Å². The average Bonchev–Trinajstić information content (AvgIpc) is 2.36. The van der Waals surface area contributed by atoms with Gasteiger partial charge in [0, 0.05) is 6.20 Å². The van der Waals surface area contributed by atoms with Crippen LogP contribution in [0.5, 0.6) is 5.75 Å². The molecule has 0 bridgehead atoms. The van der Waals surface area contributed by atoms with Gasteiger partial charge in [0.25, 0.3) is 0 Å². The molecule has 1 aromatic heterocycles.